The Balaban J connectivity index is 1.81. The monoisotopic (exact) mass is 481 g/mol. The Morgan fingerprint density at radius 1 is 1.15 bits per heavy atom. The molecule has 0 radical (unpaired) electrons. The van der Waals surface area contributed by atoms with E-state index in [-0.39, 0.29) is 11.3 Å². The first kappa shape index (κ1) is 23.1. The van der Waals surface area contributed by atoms with E-state index < -0.39 is 17.7 Å². The molecule has 1 N–H and O–H groups in total. The molecule has 1 unspecified atom stereocenters. The highest BCUT2D eigenvalue weighted by Gasteiger charge is 2.47. The number of carbonyl (C=O) groups excluding carboxylic acids is 2. The number of anilines is 1. The molecule has 1 fully saturated rings. The zero-order valence-corrected chi connectivity index (χ0v) is 20.1. The second-order valence-electron chi connectivity index (χ2n) is 8.34. The number of benzene rings is 2. The van der Waals surface area contributed by atoms with Crippen molar-refractivity contribution in [1.29, 1.82) is 0 Å². The average molecular weight is 482 g/mol. The summed E-state index contributed by atoms with van der Waals surface area (Å²) >= 11 is 7.63. The molecule has 1 atom stereocenters. The van der Waals surface area contributed by atoms with Gasteiger partial charge in [0.15, 0.2) is 0 Å². The Kier molecular flexibility index (Phi) is 6.58. The first-order chi connectivity index (χ1) is 15.8. The number of rotatable bonds is 6. The summed E-state index contributed by atoms with van der Waals surface area (Å²) in [6.45, 7) is 6.55. The van der Waals surface area contributed by atoms with E-state index in [0.717, 1.165) is 10.4 Å². The van der Waals surface area contributed by atoms with Gasteiger partial charge in [-0.3, -0.25) is 14.5 Å². The molecule has 170 valence electrons. The Bertz CT molecular complexity index is 1220. The van der Waals surface area contributed by atoms with E-state index in [2.05, 4.69) is 13.8 Å². The van der Waals surface area contributed by atoms with Crippen LogP contribution in [0.5, 0.6) is 5.75 Å². The Hall–Kier alpha value is -3.09. The van der Waals surface area contributed by atoms with Crippen LogP contribution in [0, 0.1) is 12.8 Å². The fraction of sp³-hybridized carbons (Fsp3) is 0.231. The van der Waals surface area contributed by atoms with Gasteiger partial charge in [-0.05, 0) is 66.2 Å². The van der Waals surface area contributed by atoms with Crippen molar-refractivity contribution in [3.63, 3.8) is 0 Å². The average Bonchev–Trinajstić information content (AvgIpc) is 3.41. The quantitative estimate of drug-likeness (QED) is 0.252. The van der Waals surface area contributed by atoms with E-state index >= 15 is 0 Å². The molecule has 1 saturated heterocycles. The van der Waals surface area contributed by atoms with Crippen LogP contribution in [0.3, 0.4) is 0 Å². The van der Waals surface area contributed by atoms with Gasteiger partial charge in [-0.1, -0.05) is 37.6 Å². The molecular formula is C26H24ClNO4S. The van der Waals surface area contributed by atoms with Crippen LogP contribution in [0.1, 0.15) is 35.9 Å². The Morgan fingerprint density at radius 3 is 2.52 bits per heavy atom. The van der Waals surface area contributed by atoms with Crippen molar-refractivity contribution in [2.75, 3.05) is 11.5 Å². The Labute approximate surface area is 201 Å². The Morgan fingerprint density at radius 2 is 1.88 bits per heavy atom. The van der Waals surface area contributed by atoms with Gasteiger partial charge < -0.3 is 9.84 Å². The summed E-state index contributed by atoms with van der Waals surface area (Å²) in [4.78, 5) is 28.6. The lowest BCUT2D eigenvalue weighted by atomic mass is 9.99. The molecule has 2 heterocycles. The number of hydrogen-bond acceptors (Lipinski definition) is 5. The maximum atomic E-state index is 13.2. The van der Waals surface area contributed by atoms with Crippen LogP contribution in [0.25, 0.3) is 5.76 Å². The first-order valence-corrected chi connectivity index (χ1v) is 11.9. The van der Waals surface area contributed by atoms with E-state index in [4.69, 9.17) is 16.3 Å². The van der Waals surface area contributed by atoms with Crippen LogP contribution in [0.4, 0.5) is 5.69 Å². The molecular weight excluding hydrogens is 458 g/mol. The predicted octanol–water partition coefficient (Wildman–Crippen LogP) is 6.37. The maximum absolute atomic E-state index is 13.2. The van der Waals surface area contributed by atoms with E-state index in [9.17, 15) is 14.7 Å². The van der Waals surface area contributed by atoms with E-state index in [0.29, 0.717) is 34.5 Å². The number of ether oxygens (including phenoxy) is 1. The summed E-state index contributed by atoms with van der Waals surface area (Å²) in [7, 11) is 0. The van der Waals surface area contributed by atoms with Gasteiger partial charge in [0, 0.05) is 21.2 Å². The lowest BCUT2D eigenvalue weighted by molar-refractivity contribution is -0.132. The number of Topliss-reactive ketones (excluding diaryl/α,β-unsaturated/α-hetero) is 1. The lowest BCUT2D eigenvalue weighted by Gasteiger charge is -2.25. The number of aliphatic hydroxyl groups excluding tert-OH is 1. The number of carbonyl (C=O) groups is 2. The topological polar surface area (TPSA) is 66.8 Å². The van der Waals surface area contributed by atoms with Crippen LogP contribution < -0.4 is 9.64 Å². The molecule has 1 aliphatic rings. The van der Waals surface area contributed by atoms with E-state index in [1.54, 1.807) is 42.5 Å². The van der Waals surface area contributed by atoms with Gasteiger partial charge in [0.1, 0.15) is 17.6 Å². The third kappa shape index (κ3) is 4.54. The molecule has 3 aromatic rings. The van der Waals surface area contributed by atoms with Crippen molar-refractivity contribution in [2.45, 2.75) is 26.8 Å². The third-order valence-corrected chi connectivity index (χ3v) is 6.56. The van der Waals surface area contributed by atoms with Gasteiger partial charge in [0.25, 0.3) is 11.7 Å². The zero-order valence-electron chi connectivity index (χ0n) is 18.5. The predicted molar refractivity (Wildman–Crippen MR) is 132 cm³/mol. The molecule has 0 spiro atoms. The smallest absolute Gasteiger partial charge is 0.300 e. The minimum Gasteiger partial charge on any atom is -0.507 e. The van der Waals surface area contributed by atoms with Crippen LogP contribution in [0.15, 0.2) is 65.6 Å². The molecule has 0 saturated carbocycles. The summed E-state index contributed by atoms with van der Waals surface area (Å²) in [5.74, 6) is -0.591. The van der Waals surface area contributed by atoms with Crippen molar-refractivity contribution in [3.05, 3.63) is 86.6 Å². The minimum atomic E-state index is -0.751. The molecule has 5 nitrogen and oxygen atoms in total. The lowest BCUT2D eigenvalue weighted by Crippen LogP contribution is -2.29. The van der Waals surface area contributed by atoms with Gasteiger partial charge in [0.2, 0.25) is 0 Å². The first-order valence-electron chi connectivity index (χ1n) is 10.6. The zero-order chi connectivity index (χ0) is 23.7. The number of nitrogens with zero attached hydrogens (tertiary/aromatic N) is 1. The highest BCUT2D eigenvalue weighted by atomic mass is 35.5. The van der Waals surface area contributed by atoms with Crippen molar-refractivity contribution in [1.82, 2.24) is 0 Å². The second-order valence-corrected chi connectivity index (χ2v) is 9.76. The number of aliphatic hydroxyl groups is 1. The van der Waals surface area contributed by atoms with Crippen LogP contribution in [-0.2, 0) is 9.59 Å². The highest BCUT2D eigenvalue weighted by molar-refractivity contribution is 7.10. The van der Waals surface area contributed by atoms with Gasteiger partial charge in [0.05, 0.1) is 12.2 Å². The van der Waals surface area contributed by atoms with Gasteiger partial charge in [-0.25, -0.2) is 0 Å². The van der Waals surface area contributed by atoms with E-state index in [1.807, 2.05) is 24.4 Å². The van der Waals surface area contributed by atoms with Crippen molar-refractivity contribution in [2.24, 2.45) is 5.92 Å². The fourth-order valence-corrected chi connectivity index (χ4v) is 4.76. The summed E-state index contributed by atoms with van der Waals surface area (Å²) in [6.07, 6.45) is 0. The van der Waals surface area contributed by atoms with Crippen LogP contribution in [-0.4, -0.2) is 23.4 Å². The normalized spacial score (nSPS) is 17.7. The van der Waals surface area contributed by atoms with Gasteiger partial charge in [-0.2, -0.15) is 0 Å². The number of ketones is 1. The minimum absolute atomic E-state index is 0.0534. The van der Waals surface area contributed by atoms with Crippen molar-refractivity contribution >= 4 is 46.1 Å². The number of amides is 1. The largest absolute Gasteiger partial charge is 0.507 e. The molecule has 7 heteroatoms. The van der Waals surface area contributed by atoms with Crippen LogP contribution in [0.2, 0.25) is 5.02 Å². The summed E-state index contributed by atoms with van der Waals surface area (Å²) in [6, 6.07) is 15.0. The maximum Gasteiger partial charge on any atom is 0.300 e. The number of thiophene rings is 1. The van der Waals surface area contributed by atoms with Crippen molar-refractivity contribution < 1.29 is 19.4 Å². The summed E-state index contributed by atoms with van der Waals surface area (Å²) < 4.78 is 5.71. The molecule has 0 aliphatic carbocycles. The summed E-state index contributed by atoms with van der Waals surface area (Å²) in [5.41, 5.74) is 1.83. The number of aryl methyl sites for hydroxylation is 1. The third-order valence-electron chi connectivity index (χ3n) is 5.40. The van der Waals surface area contributed by atoms with Crippen molar-refractivity contribution in [3.8, 4) is 5.75 Å². The molecule has 1 amide bonds. The number of halogens is 1. The van der Waals surface area contributed by atoms with Gasteiger partial charge >= 0.3 is 0 Å². The SMILES string of the molecule is Cc1ccc(Cl)cc1N1C(=O)C(=O)/C(=C(\O)c2ccc(OCC(C)C)cc2)C1c1cccs1. The molecule has 1 aliphatic heterocycles. The highest BCUT2D eigenvalue weighted by Crippen LogP contribution is 2.44. The molecule has 0 bridgehead atoms. The van der Waals surface area contributed by atoms with E-state index in [1.165, 1.54) is 16.2 Å². The molecule has 1 aromatic heterocycles. The summed E-state index contributed by atoms with van der Waals surface area (Å²) in [5, 5.41) is 13.5. The van der Waals surface area contributed by atoms with Crippen LogP contribution >= 0.6 is 22.9 Å². The standard InChI is InChI=1S/C26H24ClNO4S/c1-15(2)14-32-19-10-7-17(8-11-19)24(29)22-23(21-5-4-12-33-21)28(26(31)25(22)30)20-13-18(27)9-6-16(20)3/h4-13,15,23,29H,14H2,1-3H3/b24-22-. The molecule has 4 rings (SSSR count). The number of hydrogen-bond donors (Lipinski definition) is 1. The molecule has 2 aromatic carbocycles. The second kappa shape index (κ2) is 9.41. The van der Waals surface area contributed by atoms with Gasteiger partial charge in [-0.15, -0.1) is 11.3 Å². The fourth-order valence-electron chi connectivity index (χ4n) is 3.77. The molecule has 33 heavy (non-hydrogen) atoms.